The van der Waals surface area contributed by atoms with Crippen LogP contribution in [0.1, 0.15) is 32.3 Å². The van der Waals surface area contributed by atoms with Crippen molar-refractivity contribution in [1.29, 1.82) is 0 Å². The van der Waals surface area contributed by atoms with Crippen LogP contribution in [-0.4, -0.2) is 43.4 Å². The van der Waals surface area contributed by atoms with E-state index < -0.39 is 0 Å². The maximum Gasteiger partial charge on any atom is 0.221 e. The van der Waals surface area contributed by atoms with Crippen molar-refractivity contribution in [3.8, 4) is 0 Å². The highest BCUT2D eigenvalue weighted by atomic mass is 79.9. The van der Waals surface area contributed by atoms with Gasteiger partial charge in [-0.15, -0.1) is 0 Å². The normalized spacial score (nSPS) is 11.2. The van der Waals surface area contributed by atoms with E-state index in [1.165, 1.54) is 5.56 Å². The minimum absolute atomic E-state index is 0.0574. The summed E-state index contributed by atoms with van der Waals surface area (Å²) >= 11 is 3.44. The molecule has 1 aromatic carbocycles. The number of carbonyl (C=O) groups excluding carboxylic acids is 1. The number of hydrogen-bond acceptors (Lipinski definition) is 2. The Kier molecular flexibility index (Phi) is 9.36. The second-order valence-electron chi connectivity index (χ2n) is 5.32. The first-order valence-electron chi connectivity index (χ1n) is 8.07. The minimum atomic E-state index is 0.0574. The van der Waals surface area contributed by atoms with E-state index in [2.05, 4.69) is 48.6 Å². The van der Waals surface area contributed by atoms with Crippen molar-refractivity contribution in [2.45, 2.75) is 33.2 Å². The smallest absolute Gasteiger partial charge is 0.221 e. The molecule has 0 saturated heterocycles. The van der Waals surface area contributed by atoms with Gasteiger partial charge in [-0.25, -0.2) is 0 Å². The molecule has 0 aliphatic rings. The monoisotopic (exact) mass is 382 g/mol. The van der Waals surface area contributed by atoms with E-state index in [4.69, 9.17) is 0 Å². The number of halogens is 1. The summed E-state index contributed by atoms with van der Waals surface area (Å²) in [6.07, 6.45) is 1.37. The fraction of sp³-hybridized carbons (Fsp3) is 0.529. The number of hydrogen-bond donors (Lipinski definition) is 2. The van der Waals surface area contributed by atoms with Gasteiger partial charge in [0, 0.05) is 37.6 Å². The topological polar surface area (TPSA) is 56.7 Å². The average molecular weight is 383 g/mol. The van der Waals surface area contributed by atoms with E-state index in [-0.39, 0.29) is 5.91 Å². The molecule has 0 atom stereocenters. The lowest BCUT2D eigenvalue weighted by atomic mass is 10.2. The summed E-state index contributed by atoms with van der Waals surface area (Å²) in [6, 6.07) is 8.24. The summed E-state index contributed by atoms with van der Waals surface area (Å²) < 4.78 is 1.07. The van der Waals surface area contributed by atoms with Crippen LogP contribution in [0, 0.1) is 0 Å². The van der Waals surface area contributed by atoms with Gasteiger partial charge >= 0.3 is 0 Å². The molecule has 128 valence electrons. The molecular weight excluding hydrogens is 356 g/mol. The first-order valence-corrected chi connectivity index (χ1v) is 8.86. The van der Waals surface area contributed by atoms with E-state index >= 15 is 0 Å². The first-order chi connectivity index (χ1) is 11.1. The highest BCUT2D eigenvalue weighted by Gasteiger charge is 2.07. The third-order valence-electron chi connectivity index (χ3n) is 3.20. The van der Waals surface area contributed by atoms with E-state index in [1.54, 1.807) is 0 Å². The van der Waals surface area contributed by atoms with Crippen molar-refractivity contribution in [3.63, 3.8) is 0 Å². The van der Waals surface area contributed by atoms with Gasteiger partial charge < -0.3 is 15.5 Å². The molecule has 2 N–H and O–H groups in total. The van der Waals surface area contributed by atoms with Gasteiger partial charge in [-0.3, -0.25) is 9.79 Å². The molecule has 0 spiro atoms. The van der Waals surface area contributed by atoms with Crippen LogP contribution in [-0.2, 0) is 11.3 Å². The molecule has 0 saturated carbocycles. The molecular formula is C17H27BrN4O. The summed E-state index contributed by atoms with van der Waals surface area (Å²) in [4.78, 5) is 18.2. The Bertz CT molecular complexity index is 502. The number of amides is 1. The van der Waals surface area contributed by atoms with Crippen LogP contribution in [0.15, 0.2) is 33.7 Å². The number of nitrogens with zero attached hydrogens (tertiary/aromatic N) is 2. The lowest BCUT2D eigenvalue weighted by Gasteiger charge is -2.22. The molecule has 1 amide bonds. The van der Waals surface area contributed by atoms with Crippen LogP contribution in [0.5, 0.6) is 0 Å². The zero-order valence-corrected chi connectivity index (χ0v) is 15.8. The molecule has 5 nitrogen and oxygen atoms in total. The second kappa shape index (κ2) is 11.0. The lowest BCUT2D eigenvalue weighted by molar-refractivity contribution is -0.120. The summed E-state index contributed by atoms with van der Waals surface area (Å²) in [5.74, 6) is 0.876. The van der Waals surface area contributed by atoms with Gasteiger partial charge in [-0.2, -0.15) is 0 Å². The third kappa shape index (κ3) is 8.02. The van der Waals surface area contributed by atoms with Crippen LogP contribution in [0.2, 0.25) is 0 Å². The zero-order chi connectivity index (χ0) is 17.1. The molecule has 0 aliphatic carbocycles. The fourth-order valence-corrected chi connectivity index (χ4v) is 2.29. The zero-order valence-electron chi connectivity index (χ0n) is 14.2. The molecule has 0 heterocycles. The molecule has 0 unspecified atom stereocenters. The number of rotatable bonds is 8. The molecule has 6 heteroatoms. The maximum absolute atomic E-state index is 11.6. The van der Waals surface area contributed by atoms with Crippen molar-refractivity contribution < 1.29 is 4.79 Å². The van der Waals surface area contributed by atoms with Crippen LogP contribution in [0.25, 0.3) is 0 Å². The van der Waals surface area contributed by atoms with Gasteiger partial charge in [0.15, 0.2) is 5.96 Å². The number of nitrogens with one attached hydrogen (secondary N) is 2. The number of aliphatic imine (C=N–C) groups is 1. The maximum atomic E-state index is 11.6. The largest absolute Gasteiger partial charge is 0.357 e. The number of guanidine groups is 1. The Morgan fingerprint density at radius 2 is 1.91 bits per heavy atom. The SMILES string of the molecule is CCCNC(=O)CCN=C(NCC)N(C)Cc1ccc(Br)cc1. The summed E-state index contributed by atoms with van der Waals surface area (Å²) in [5.41, 5.74) is 1.21. The molecule has 0 fully saturated rings. The van der Waals surface area contributed by atoms with Gasteiger partial charge in [0.05, 0.1) is 6.54 Å². The van der Waals surface area contributed by atoms with E-state index in [0.717, 1.165) is 36.5 Å². The Morgan fingerprint density at radius 3 is 2.52 bits per heavy atom. The van der Waals surface area contributed by atoms with E-state index in [0.29, 0.717) is 13.0 Å². The number of benzene rings is 1. The minimum Gasteiger partial charge on any atom is -0.357 e. The van der Waals surface area contributed by atoms with Gasteiger partial charge in [0.1, 0.15) is 0 Å². The van der Waals surface area contributed by atoms with Crippen molar-refractivity contribution in [2.75, 3.05) is 26.7 Å². The third-order valence-corrected chi connectivity index (χ3v) is 3.73. The Hall–Kier alpha value is -1.56. The highest BCUT2D eigenvalue weighted by Crippen LogP contribution is 2.11. The summed E-state index contributed by atoms with van der Waals surface area (Å²) in [6.45, 7) is 6.86. The molecule has 1 rings (SSSR count). The van der Waals surface area contributed by atoms with E-state index in [9.17, 15) is 4.79 Å². The van der Waals surface area contributed by atoms with Crippen molar-refractivity contribution >= 4 is 27.8 Å². The average Bonchev–Trinajstić information content (AvgIpc) is 2.54. The van der Waals surface area contributed by atoms with Crippen LogP contribution in [0.3, 0.4) is 0 Å². The van der Waals surface area contributed by atoms with E-state index in [1.807, 2.05) is 33.0 Å². The quantitative estimate of drug-likeness (QED) is 0.536. The predicted octanol–water partition coefficient (Wildman–Crippen LogP) is 2.76. The van der Waals surface area contributed by atoms with Gasteiger partial charge in [0.25, 0.3) is 0 Å². The van der Waals surface area contributed by atoms with Crippen molar-refractivity contribution in [3.05, 3.63) is 34.3 Å². The Balaban J connectivity index is 2.55. The molecule has 0 aliphatic heterocycles. The number of carbonyl (C=O) groups is 1. The van der Waals surface area contributed by atoms with Gasteiger partial charge in [-0.05, 0) is 31.0 Å². The molecule has 0 radical (unpaired) electrons. The molecule has 0 aromatic heterocycles. The lowest BCUT2D eigenvalue weighted by Crippen LogP contribution is -2.38. The van der Waals surface area contributed by atoms with Crippen LogP contribution >= 0.6 is 15.9 Å². The van der Waals surface area contributed by atoms with Crippen LogP contribution < -0.4 is 10.6 Å². The Labute approximate surface area is 147 Å². The molecule has 1 aromatic rings. The predicted molar refractivity (Wildman–Crippen MR) is 99.5 cm³/mol. The highest BCUT2D eigenvalue weighted by molar-refractivity contribution is 9.10. The second-order valence-corrected chi connectivity index (χ2v) is 6.23. The van der Waals surface area contributed by atoms with Crippen molar-refractivity contribution in [2.24, 2.45) is 4.99 Å². The summed E-state index contributed by atoms with van der Waals surface area (Å²) in [7, 11) is 2.00. The fourth-order valence-electron chi connectivity index (χ4n) is 2.02. The molecule has 23 heavy (non-hydrogen) atoms. The standard InChI is InChI=1S/C17H27BrN4O/c1-4-11-20-16(23)10-12-21-17(19-5-2)22(3)13-14-6-8-15(18)9-7-14/h6-9H,4-5,10-13H2,1-3H3,(H,19,21)(H,20,23). The Morgan fingerprint density at radius 1 is 1.22 bits per heavy atom. The molecule has 0 bridgehead atoms. The van der Waals surface area contributed by atoms with Crippen LogP contribution in [0.4, 0.5) is 0 Å². The summed E-state index contributed by atoms with van der Waals surface area (Å²) in [5, 5.41) is 6.13. The van der Waals surface area contributed by atoms with Gasteiger partial charge in [0.2, 0.25) is 5.91 Å². The van der Waals surface area contributed by atoms with Crippen molar-refractivity contribution in [1.82, 2.24) is 15.5 Å². The van der Waals surface area contributed by atoms with Gasteiger partial charge in [-0.1, -0.05) is 35.0 Å². The first kappa shape index (κ1) is 19.5.